The molecule has 1 N–H and O–H groups in total. The summed E-state index contributed by atoms with van der Waals surface area (Å²) in [6, 6.07) is 18.1. The summed E-state index contributed by atoms with van der Waals surface area (Å²) in [6.45, 7) is 3.10. The summed E-state index contributed by atoms with van der Waals surface area (Å²) in [5.74, 6) is 1.46. The van der Waals surface area contributed by atoms with E-state index in [0.29, 0.717) is 25.6 Å². The smallest absolute Gasteiger partial charge is 0.256 e. The van der Waals surface area contributed by atoms with Crippen LogP contribution in [0.25, 0.3) is 0 Å². The third-order valence-electron chi connectivity index (χ3n) is 6.52. The highest BCUT2D eigenvalue weighted by Crippen LogP contribution is 2.39. The molecule has 1 unspecified atom stereocenters. The van der Waals surface area contributed by atoms with Crippen LogP contribution in [0.5, 0.6) is 5.75 Å². The predicted octanol–water partition coefficient (Wildman–Crippen LogP) is 4.03. The molecule has 2 aliphatic rings. The third-order valence-corrected chi connectivity index (χ3v) is 6.52. The van der Waals surface area contributed by atoms with Gasteiger partial charge in [-0.1, -0.05) is 36.4 Å². The van der Waals surface area contributed by atoms with Crippen LogP contribution in [0, 0.1) is 0 Å². The number of aromatic amines is 1. The van der Waals surface area contributed by atoms with Crippen molar-refractivity contribution in [3.63, 3.8) is 0 Å². The average Bonchev–Trinajstić information content (AvgIpc) is 3.63. The second-order valence-corrected chi connectivity index (χ2v) is 9.34. The summed E-state index contributed by atoms with van der Waals surface area (Å²) >= 11 is 0. The number of ether oxygens (including phenoxy) is 2. The molecule has 1 fully saturated rings. The molecular weight excluding hydrogens is 428 g/mol. The fraction of sp³-hybridized carbons (Fsp3) is 0.407. The number of aromatic nitrogens is 2. The van der Waals surface area contributed by atoms with Gasteiger partial charge < -0.3 is 14.4 Å². The Morgan fingerprint density at radius 1 is 1.21 bits per heavy atom. The Bertz CT molecular complexity index is 1130. The lowest BCUT2D eigenvalue weighted by atomic mass is 10.1. The lowest BCUT2D eigenvalue weighted by Gasteiger charge is -2.25. The maximum absolute atomic E-state index is 13.3. The minimum atomic E-state index is -0.619. The molecule has 2 aromatic carbocycles. The summed E-state index contributed by atoms with van der Waals surface area (Å²) < 4.78 is 11.6. The molecular formula is C27H32N4O3. The number of hydrogen-bond donors (Lipinski definition) is 1. The fourth-order valence-electron chi connectivity index (χ4n) is 4.61. The molecule has 1 aromatic heterocycles. The zero-order valence-electron chi connectivity index (χ0n) is 19.9. The van der Waals surface area contributed by atoms with E-state index in [1.165, 1.54) is 24.1 Å². The van der Waals surface area contributed by atoms with Crippen LogP contribution >= 0.6 is 0 Å². The highest BCUT2D eigenvalue weighted by molar-refractivity contribution is 5.82. The number of rotatable bonds is 8. The van der Waals surface area contributed by atoms with Crippen LogP contribution in [0.4, 0.5) is 0 Å². The average molecular weight is 461 g/mol. The van der Waals surface area contributed by atoms with E-state index in [4.69, 9.17) is 9.47 Å². The number of carbonyl (C=O) groups excluding carboxylic acids is 1. The van der Waals surface area contributed by atoms with E-state index in [1.807, 2.05) is 41.3 Å². The summed E-state index contributed by atoms with van der Waals surface area (Å²) in [5, 5.41) is 7.64. The van der Waals surface area contributed by atoms with Crippen molar-refractivity contribution in [2.24, 2.45) is 0 Å². The minimum Gasteiger partial charge on any atom is -0.491 e. The summed E-state index contributed by atoms with van der Waals surface area (Å²) in [7, 11) is 3.69. The molecule has 1 atom stereocenters. The van der Waals surface area contributed by atoms with Crippen LogP contribution in [-0.4, -0.2) is 53.2 Å². The quantitative estimate of drug-likeness (QED) is 0.550. The maximum Gasteiger partial charge on any atom is 0.256 e. The van der Waals surface area contributed by atoms with E-state index in [1.54, 1.807) is 7.11 Å². The zero-order chi connectivity index (χ0) is 23.5. The Morgan fingerprint density at radius 3 is 2.79 bits per heavy atom. The Kier molecular flexibility index (Phi) is 6.65. The molecule has 0 saturated heterocycles. The normalized spacial score (nSPS) is 16.6. The maximum atomic E-state index is 13.3. The van der Waals surface area contributed by atoms with Gasteiger partial charge in [-0.2, -0.15) is 5.10 Å². The van der Waals surface area contributed by atoms with Crippen LogP contribution < -0.4 is 4.74 Å². The topological polar surface area (TPSA) is 70.7 Å². The van der Waals surface area contributed by atoms with Gasteiger partial charge in [0.15, 0.2) is 6.10 Å². The number of H-pyrrole nitrogens is 1. The molecule has 1 aliphatic carbocycles. The number of hydrogen-bond acceptors (Lipinski definition) is 5. The van der Waals surface area contributed by atoms with Crippen molar-refractivity contribution in [2.45, 2.75) is 44.5 Å². The van der Waals surface area contributed by atoms with E-state index in [9.17, 15) is 4.79 Å². The number of carbonyl (C=O) groups is 1. The third kappa shape index (κ3) is 5.16. The number of nitrogens with zero attached hydrogens (tertiary/aromatic N) is 3. The van der Waals surface area contributed by atoms with Gasteiger partial charge in [-0.15, -0.1) is 0 Å². The van der Waals surface area contributed by atoms with Crippen LogP contribution in [0.15, 0.2) is 54.6 Å². The van der Waals surface area contributed by atoms with Gasteiger partial charge >= 0.3 is 0 Å². The van der Waals surface area contributed by atoms with Crippen LogP contribution in [0.1, 0.15) is 52.9 Å². The first-order chi connectivity index (χ1) is 16.6. The van der Waals surface area contributed by atoms with Crippen molar-refractivity contribution >= 4 is 5.91 Å². The molecule has 5 rings (SSSR count). The summed E-state index contributed by atoms with van der Waals surface area (Å²) in [4.78, 5) is 17.4. The summed E-state index contributed by atoms with van der Waals surface area (Å²) in [5.41, 5.74) is 5.41. The molecule has 178 valence electrons. The van der Waals surface area contributed by atoms with Gasteiger partial charge in [-0.05, 0) is 49.2 Å². The number of methoxy groups -OCH3 is 1. The van der Waals surface area contributed by atoms with Crippen molar-refractivity contribution in [3.05, 3.63) is 82.7 Å². The molecule has 34 heavy (non-hydrogen) atoms. The van der Waals surface area contributed by atoms with E-state index >= 15 is 0 Å². The van der Waals surface area contributed by atoms with Crippen LogP contribution in [-0.2, 0) is 29.2 Å². The lowest BCUT2D eigenvalue weighted by molar-refractivity contribution is -0.143. The Hall–Kier alpha value is -3.16. The Morgan fingerprint density at radius 2 is 2.03 bits per heavy atom. The van der Waals surface area contributed by atoms with Crippen molar-refractivity contribution in [2.75, 3.05) is 27.3 Å². The number of fused-ring (bicyclic) bond motifs is 1. The van der Waals surface area contributed by atoms with E-state index in [-0.39, 0.29) is 5.91 Å². The molecule has 7 nitrogen and oxygen atoms in total. The molecule has 1 saturated carbocycles. The molecule has 0 radical (unpaired) electrons. The highest BCUT2D eigenvalue weighted by atomic mass is 16.5. The first-order valence-corrected chi connectivity index (χ1v) is 11.9. The monoisotopic (exact) mass is 460 g/mol. The number of benzene rings is 2. The molecule has 0 spiro atoms. The van der Waals surface area contributed by atoms with Gasteiger partial charge in [-0.3, -0.25) is 14.8 Å². The van der Waals surface area contributed by atoms with Crippen molar-refractivity contribution in [1.29, 1.82) is 0 Å². The Labute approximate surface area is 200 Å². The molecule has 1 aliphatic heterocycles. The van der Waals surface area contributed by atoms with Gasteiger partial charge in [0, 0.05) is 43.9 Å². The first kappa shape index (κ1) is 22.6. The van der Waals surface area contributed by atoms with Crippen molar-refractivity contribution in [1.82, 2.24) is 20.0 Å². The first-order valence-electron chi connectivity index (χ1n) is 11.9. The van der Waals surface area contributed by atoms with Crippen molar-refractivity contribution < 1.29 is 14.3 Å². The molecule has 3 aromatic rings. The second kappa shape index (κ2) is 9.99. The van der Waals surface area contributed by atoms with Gasteiger partial charge in [0.05, 0.1) is 12.2 Å². The lowest BCUT2D eigenvalue weighted by Crippen LogP contribution is -2.37. The molecule has 7 heteroatoms. The van der Waals surface area contributed by atoms with E-state index in [0.717, 1.165) is 35.7 Å². The van der Waals surface area contributed by atoms with Crippen LogP contribution in [0.2, 0.25) is 0 Å². The number of amides is 1. The zero-order valence-corrected chi connectivity index (χ0v) is 19.9. The summed E-state index contributed by atoms with van der Waals surface area (Å²) in [6.07, 6.45) is 1.90. The highest BCUT2D eigenvalue weighted by Gasteiger charge is 2.28. The van der Waals surface area contributed by atoms with E-state index in [2.05, 4.69) is 40.3 Å². The number of nitrogens with one attached hydrogen (secondary N) is 1. The molecule has 2 heterocycles. The van der Waals surface area contributed by atoms with Crippen molar-refractivity contribution in [3.8, 4) is 5.75 Å². The van der Waals surface area contributed by atoms with Gasteiger partial charge in [-0.25, -0.2) is 0 Å². The molecule has 1 amide bonds. The van der Waals surface area contributed by atoms with Gasteiger partial charge in [0.1, 0.15) is 12.4 Å². The SMILES string of the molecule is COC(C(=O)N1CCOc2ccc(CN(C)Cc3cc(C4CC4)n[nH]3)cc2C1)c1ccccc1. The predicted molar refractivity (Wildman–Crippen MR) is 129 cm³/mol. The van der Waals surface area contributed by atoms with Gasteiger partial charge in [0.2, 0.25) is 0 Å². The van der Waals surface area contributed by atoms with Gasteiger partial charge in [0.25, 0.3) is 5.91 Å². The fourth-order valence-corrected chi connectivity index (χ4v) is 4.61. The standard InChI is InChI=1S/C27H32N4O3/c1-30(18-23-15-24(29-28-23)20-9-10-20)16-19-8-11-25-22(14-19)17-31(12-13-34-25)27(32)26(33-2)21-6-4-3-5-7-21/h3-8,11,14-15,20,26H,9-10,12-13,16-18H2,1-2H3,(H,28,29). The molecule has 0 bridgehead atoms. The Balaban J connectivity index is 1.26. The largest absolute Gasteiger partial charge is 0.491 e. The van der Waals surface area contributed by atoms with Crippen LogP contribution in [0.3, 0.4) is 0 Å². The minimum absolute atomic E-state index is 0.0432. The second-order valence-electron chi connectivity index (χ2n) is 9.34. The van der Waals surface area contributed by atoms with E-state index < -0.39 is 6.10 Å².